The zero-order valence-corrected chi connectivity index (χ0v) is 7.42. The molecule has 62 valence electrons. The summed E-state index contributed by atoms with van der Waals surface area (Å²) in [6.07, 6.45) is 0.973. The van der Waals surface area contributed by atoms with E-state index in [1.165, 1.54) is 10.9 Å². The molecule has 1 heterocycles. The van der Waals surface area contributed by atoms with Crippen molar-refractivity contribution >= 4 is 11.0 Å². The monoisotopic (exact) mass is 160 g/mol. The first-order chi connectivity index (χ1) is 5.83. The quantitative estimate of drug-likeness (QED) is 0.623. The summed E-state index contributed by atoms with van der Waals surface area (Å²) in [5, 5.41) is 1.24. The molecule has 2 rings (SSSR count). The summed E-state index contributed by atoms with van der Waals surface area (Å²) in [5.41, 5.74) is 2.29. The Balaban J connectivity index is 2.78. The van der Waals surface area contributed by atoms with Gasteiger partial charge < -0.3 is 4.42 Å². The minimum absolute atomic E-state index is 0.973. The van der Waals surface area contributed by atoms with Crippen LogP contribution in [0.1, 0.15) is 18.2 Å². The Kier molecular flexibility index (Phi) is 1.65. The van der Waals surface area contributed by atoms with Gasteiger partial charge in [-0.1, -0.05) is 25.1 Å². The molecule has 0 aliphatic rings. The van der Waals surface area contributed by atoms with Crippen molar-refractivity contribution in [3.8, 4) is 0 Å². The molecule has 1 heteroatoms. The Bertz CT molecular complexity index is 398. The second-order valence-electron chi connectivity index (χ2n) is 3.00. The van der Waals surface area contributed by atoms with Crippen LogP contribution in [-0.2, 0) is 6.42 Å². The zero-order valence-electron chi connectivity index (χ0n) is 7.42. The average Bonchev–Trinajstić information content (AvgIpc) is 2.44. The molecule has 0 saturated carbocycles. The molecule has 1 aromatic carbocycles. The Hall–Kier alpha value is -1.24. The maximum absolute atomic E-state index is 5.65. The van der Waals surface area contributed by atoms with E-state index in [-0.39, 0.29) is 0 Å². The van der Waals surface area contributed by atoms with E-state index >= 15 is 0 Å². The highest BCUT2D eigenvalue weighted by atomic mass is 16.3. The molecule has 0 bridgehead atoms. The van der Waals surface area contributed by atoms with Crippen LogP contribution in [0.3, 0.4) is 0 Å². The van der Waals surface area contributed by atoms with E-state index in [4.69, 9.17) is 4.42 Å². The molecule has 2 aromatic rings. The van der Waals surface area contributed by atoms with Crippen molar-refractivity contribution in [2.24, 2.45) is 0 Å². The van der Waals surface area contributed by atoms with E-state index in [1.54, 1.807) is 0 Å². The van der Waals surface area contributed by atoms with Gasteiger partial charge in [-0.2, -0.15) is 0 Å². The van der Waals surface area contributed by atoms with Gasteiger partial charge in [0, 0.05) is 11.8 Å². The molecule has 0 radical (unpaired) electrons. The summed E-state index contributed by atoms with van der Waals surface area (Å²) in [6.45, 7) is 4.23. The molecule has 0 atom stereocenters. The predicted octanol–water partition coefficient (Wildman–Crippen LogP) is 3.30. The third kappa shape index (κ3) is 0.934. The van der Waals surface area contributed by atoms with Gasteiger partial charge in [0.25, 0.3) is 0 Å². The van der Waals surface area contributed by atoms with E-state index in [2.05, 4.69) is 19.9 Å². The molecule has 0 spiro atoms. The fourth-order valence-electron chi connectivity index (χ4n) is 1.56. The average molecular weight is 160 g/mol. The molecule has 0 unspecified atom stereocenters. The van der Waals surface area contributed by atoms with Crippen molar-refractivity contribution in [1.82, 2.24) is 0 Å². The van der Waals surface area contributed by atoms with Crippen molar-refractivity contribution in [3.63, 3.8) is 0 Å². The SMILES string of the molecule is CCc1oc2ccccc2c1C. The van der Waals surface area contributed by atoms with Gasteiger partial charge >= 0.3 is 0 Å². The fraction of sp³-hybridized carbons (Fsp3) is 0.273. The van der Waals surface area contributed by atoms with Crippen LogP contribution in [0.25, 0.3) is 11.0 Å². The highest BCUT2D eigenvalue weighted by Crippen LogP contribution is 2.24. The predicted molar refractivity (Wildman–Crippen MR) is 50.3 cm³/mol. The van der Waals surface area contributed by atoms with Crippen molar-refractivity contribution in [3.05, 3.63) is 35.6 Å². The number of rotatable bonds is 1. The molecule has 1 nitrogen and oxygen atoms in total. The third-order valence-corrected chi connectivity index (χ3v) is 2.26. The number of fused-ring (bicyclic) bond motifs is 1. The number of furan rings is 1. The number of hydrogen-bond acceptors (Lipinski definition) is 1. The summed E-state index contributed by atoms with van der Waals surface area (Å²) in [7, 11) is 0. The number of hydrogen-bond donors (Lipinski definition) is 0. The number of benzene rings is 1. The molecule has 0 fully saturated rings. The zero-order chi connectivity index (χ0) is 8.55. The van der Waals surface area contributed by atoms with E-state index < -0.39 is 0 Å². The first-order valence-electron chi connectivity index (χ1n) is 4.30. The van der Waals surface area contributed by atoms with E-state index in [0.29, 0.717) is 0 Å². The van der Waals surface area contributed by atoms with E-state index in [1.807, 2.05) is 18.2 Å². The van der Waals surface area contributed by atoms with Crippen LogP contribution in [-0.4, -0.2) is 0 Å². The third-order valence-electron chi connectivity index (χ3n) is 2.26. The molecular weight excluding hydrogens is 148 g/mol. The molecule has 0 aliphatic carbocycles. The first kappa shape index (κ1) is 7.41. The summed E-state index contributed by atoms with van der Waals surface area (Å²) < 4.78 is 5.65. The van der Waals surface area contributed by atoms with Crippen molar-refractivity contribution in [2.75, 3.05) is 0 Å². The lowest BCUT2D eigenvalue weighted by Crippen LogP contribution is -1.76. The Morgan fingerprint density at radius 3 is 2.67 bits per heavy atom. The highest BCUT2D eigenvalue weighted by Gasteiger charge is 2.06. The van der Waals surface area contributed by atoms with Gasteiger partial charge in [0.2, 0.25) is 0 Å². The van der Waals surface area contributed by atoms with Crippen molar-refractivity contribution in [1.29, 1.82) is 0 Å². The second-order valence-corrected chi connectivity index (χ2v) is 3.00. The van der Waals surface area contributed by atoms with Gasteiger partial charge in [-0.05, 0) is 18.6 Å². The van der Waals surface area contributed by atoms with Gasteiger partial charge in [0.1, 0.15) is 11.3 Å². The lowest BCUT2D eigenvalue weighted by molar-refractivity contribution is 0.553. The molecule has 12 heavy (non-hydrogen) atoms. The molecule has 0 amide bonds. The van der Waals surface area contributed by atoms with Gasteiger partial charge in [-0.25, -0.2) is 0 Å². The smallest absolute Gasteiger partial charge is 0.134 e. The number of aryl methyl sites for hydroxylation is 2. The Morgan fingerprint density at radius 1 is 1.25 bits per heavy atom. The molecule has 0 aliphatic heterocycles. The first-order valence-corrected chi connectivity index (χ1v) is 4.30. The van der Waals surface area contributed by atoms with Crippen LogP contribution >= 0.6 is 0 Å². The van der Waals surface area contributed by atoms with Crippen molar-refractivity contribution in [2.45, 2.75) is 20.3 Å². The standard InChI is InChI=1S/C11H12O/c1-3-10-8(2)9-6-4-5-7-11(9)12-10/h4-7H,3H2,1-2H3. The minimum Gasteiger partial charge on any atom is -0.461 e. The minimum atomic E-state index is 0.973. The van der Waals surface area contributed by atoms with Crippen molar-refractivity contribution < 1.29 is 4.42 Å². The summed E-state index contributed by atoms with van der Waals surface area (Å²) >= 11 is 0. The lowest BCUT2D eigenvalue weighted by Gasteiger charge is -1.88. The van der Waals surface area contributed by atoms with Gasteiger partial charge in [0.15, 0.2) is 0 Å². The van der Waals surface area contributed by atoms with Crippen LogP contribution in [0, 0.1) is 6.92 Å². The van der Waals surface area contributed by atoms with E-state index in [9.17, 15) is 0 Å². The summed E-state index contributed by atoms with van der Waals surface area (Å²) in [5.74, 6) is 1.11. The van der Waals surface area contributed by atoms with Crippen LogP contribution in [0.15, 0.2) is 28.7 Å². The van der Waals surface area contributed by atoms with Gasteiger partial charge in [-0.3, -0.25) is 0 Å². The lowest BCUT2D eigenvalue weighted by atomic mass is 10.1. The second kappa shape index (κ2) is 2.67. The topological polar surface area (TPSA) is 13.1 Å². The highest BCUT2D eigenvalue weighted by molar-refractivity contribution is 5.81. The van der Waals surface area contributed by atoms with Crippen LogP contribution < -0.4 is 0 Å². The Labute approximate surface area is 72.0 Å². The van der Waals surface area contributed by atoms with Gasteiger partial charge in [0.05, 0.1) is 0 Å². The molecule has 0 N–H and O–H groups in total. The fourth-order valence-corrected chi connectivity index (χ4v) is 1.56. The maximum atomic E-state index is 5.65. The summed E-state index contributed by atoms with van der Waals surface area (Å²) in [6, 6.07) is 8.17. The molecule has 1 aromatic heterocycles. The Morgan fingerprint density at radius 2 is 2.00 bits per heavy atom. The molecular formula is C11H12O. The normalized spacial score (nSPS) is 10.8. The van der Waals surface area contributed by atoms with E-state index in [0.717, 1.165) is 17.8 Å². The van der Waals surface area contributed by atoms with Crippen LogP contribution in [0.5, 0.6) is 0 Å². The molecule has 0 saturated heterocycles. The summed E-state index contributed by atoms with van der Waals surface area (Å²) in [4.78, 5) is 0. The van der Waals surface area contributed by atoms with Crippen LogP contribution in [0.2, 0.25) is 0 Å². The van der Waals surface area contributed by atoms with Crippen LogP contribution in [0.4, 0.5) is 0 Å². The van der Waals surface area contributed by atoms with Gasteiger partial charge in [-0.15, -0.1) is 0 Å². The largest absolute Gasteiger partial charge is 0.461 e. The number of para-hydroxylation sites is 1. The maximum Gasteiger partial charge on any atom is 0.134 e.